The lowest BCUT2D eigenvalue weighted by molar-refractivity contribution is -0.384. The monoisotopic (exact) mass is 230 g/mol. The van der Waals surface area contributed by atoms with Gasteiger partial charge in [0.1, 0.15) is 0 Å². The number of fused-ring (bicyclic) bond motifs is 5. The zero-order valence-electron chi connectivity index (χ0n) is 9.42. The van der Waals surface area contributed by atoms with E-state index in [-0.39, 0.29) is 28.5 Å². The Balaban J connectivity index is 2.09. The summed E-state index contributed by atoms with van der Waals surface area (Å²) in [4.78, 5) is 23.8. The van der Waals surface area contributed by atoms with Crippen LogP contribution in [0.1, 0.15) is 36.1 Å². The highest BCUT2D eigenvalue weighted by atomic mass is 16.6. The van der Waals surface area contributed by atoms with Crippen molar-refractivity contribution in [1.82, 2.24) is 4.90 Å². The molecular weight excluding hydrogens is 219 g/mol. The van der Waals surface area contributed by atoms with Crippen LogP contribution in [0.4, 0.5) is 10.5 Å². The Kier molecular flexibility index (Phi) is 2.02. The Morgan fingerprint density at radius 3 is 2.59 bits per heavy atom. The molecule has 0 spiro atoms. The number of rotatable bonds is 1. The number of hydrogen-bond donors (Lipinski definition) is 0. The minimum absolute atomic E-state index is 0.0485. The van der Waals surface area contributed by atoms with Gasteiger partial charge in [0.2, 0.25) is 7.85 Å². The van der Waals surface area contributed by atoms with E-state index in [2.05, 4.69) is 0 Å². The molecule has 0 aliphatic carbocycles. The number of nitrogens with zero attached hydrogens (tertiary/aromatic N) is 2. The van der Waals surface area contributed by atoms with E-state index in [1.807, 2.05) is 4.90 Å². The molecule has 1 fully saturated rings. The normalized spacial score (nSPS) is 24.8. The fourth-order valence-electron chi connectivity index (χ4n) is 3.13. The maximum atomic E-state index is 11.6. The molecule has 2 unspecified atom stereocenters. The van der Waals surface area contributed by atoms with Crippen LogP contribution >= 0.6 is 0 Å². The van der Waals surface area contributed by atoms with Crippen LogP contribution in [0, 0.1) is 10.1 Å². The summed E-state index contributed by atoms with van der Waals surface area (Å²) in [6.07, 6.45) is 1.88. The van der Waals surface area contributed by atoms with E-state index in [0.717, 1.165) is 24.0 Å². The van der Waals surface area contributed by atoms with Crippen LogP contribution < -0.4 is 0 Å². The fourth-order valence-corrected chi connectivity index (χ4v) is 3.13. The van der Waals surface area contributed by atoms with Crippen LogP contribution in [0.2, 0.25) is 0 Å². The van der Waals surface area contributed by atoms with Gasteiger partial charge in [-0.15, -0.1) is 0 Å². The van der Waals surface area contributed by atoms with Gasteiger partial charge in [0.05, 0.1) is 17.0 Å². The summed E-state index contributed by atoms with van der Waals surface area (Å²) >= 11 is 0. The van der Waals surface area contributed by atoms with E-state index in [1.54, 1.807) is 20.0 Å². The van der Waals surface area contributed by atoms with Gasteiger partial charge >= 0.3 is 0 Å². The Labute approximate surface area is 99.0 Å². The first kappa shape index (κ1) is 10.3. The summed E-state index contributed by atoms with van der Waals surface area (Å²) < 4.78 is 0. The lowest BCUT2D eigenvalue weighted by Gasteiger charge is -2.20. The average molecular weight is 230 g/mol. The molecule has 17 heavy (non-hydrogen) atoms. The highest BCUT2D eigenvalue weighted by Gasteiger charge is 2.45. The number of carbonyl (C=O) groups excluding carboxylic acids is 1. The third-order valence-corrected chi connectivity index (χ3v) is 3.75. The van der Waals surface area contributed by atoms with Crippen molar-refractivity contribution >= 4 is 19.3 Å². The lowest BCUT2D eigenvalue weighted by Crippen LogP contribution is -2.26. The summed E-state index contributed by atoms with van der Waals surface area (Å²) in [5.74, 6) is 0.0522. The molecule has 2 aliphatic rings. The molecule has 0 saturated carbocycles. The van der Waals surface area contributed by atoms with Crippen LogP contribution in [0.5, 0.6) is 0 Å². The van der Waals surface area contributed by atoms with Gasteiger partial charge in [0.15, 0.2) is 5.81 Å². The molecule has 3 rings (SSSR count). The van der Waals surface area contributed by atoms with Crippen molar-refractivity contribution in [3.8, 4) is 0 Å². The SMILES string of the molecule is BC(=O)N1C2CCC1c1cc([N+](=O)[O-])ccc12. The molecule has 5 nitrogen and oxygen atoms in total. The van der Waals surface area contributed by atoms with Crippen molar-refractivity contribution in [3.63, 3.8) is 0 Å². The molecule has 2 aliphatic heterocycles. The van der Waals surface area contributed by atoms with Crippen molar-refractivity contribution < 1.29 is 9.72 Å². The molecule has 1 saturated heterocycles. The molecule has 0 radical (unpaired) electrons. The maximum absolute atomic E-state index is 11.6. The molecule has 2 atom stereocenters. The molecule has 2 heterocycles. The van der Waals surface area contributed by atoms with Gasteiger partial charge in [0.25, 0.3) is 5.69 Å². The zero-order valence-corrected chi connectivity index (χ0v) is 9.42. The first-order chi connectivity index (χ1) is 8.09. The minimum atomic E-state index is -0.385. The van der Waals surface area contributed by atoms with E-state index < -0.39 is 0 Å². The van der Waals surface area contributed by atoms with Crippen LogP contribution in [-0.2, 0) is 0 Å². The van der Waals surface area contributed by atoms with Crippen LogP contribution in [-0.4, -0.2) is 23.5 Å². The number of amides is 1. The smallest absolute Gasteiger partial charge is 0.269 e. The largest absolute Gasteiger partial charge is 0.338 e. The summed E-state index contributed by atoms with van der Waals surface area (Å²) in [5, 5.41) is 10.7. The van der Waals surface area contributed by atoms with E-state index in [0.29, 0.717) is 0 Å². The van der Waals surface area contributed by atoms with E-state index in [9.17, 15) is 14.9 Å². The molecular formula is C11H11BN2O3. The van der Waals surface area contributed by atoms with Gasteiger partial charge in [-0.2, -0.15) is 0 Å². The molecule has 1 amide bonds. The van der Waals surface area contributed by atoms with Gasteiger partial charge < -0.3 is 4.90 Å². The predicted molar refractivity (Wildman–Crippen MR) is 63.6 cm³/mol. The average Bonchev–Trinajstić information content (AvgIpc) is 2.84. The quantitative estimate of drug-likeness (QED) is 0.417. The first-order valence-corrected chi connectivity index (χ1v) is 5.66. The second kappa shape index (κ2) is 3.32. The molecule has 2 bridgehead atoms. The van der Waals surface area contributed by atoms with Gasteiger partial charge in [0, 0.05) is 12.1 Å². The summed E-state index contributed by atoms with van der Waals surface area (Å²) in [6, 6.07) is 5.13. The maximum Gasteiger partial charge on any atom is 0.269 e. The highest BCUT2D eigenvalue weighted by molar-refractivity contribution is 6.57. The molecule has 0 aromatic heterocycles. The number of benzene rings is 1. The van der Waals surface area contributed by atoms with Crippen LogP contribution in [0.25, 0.3) is 0 Å². The number of non-ortho nitro benzene ring substituents is 1. The van der Waals surface area contributed by atoms with E-state index in [1.165, 1.54) is 6.07 Å². The molecule has 1 aromatic carbocycles. The van der Waals surface area contributed by atoms with Gasteiger partial charge in [-0.1, -0.05) is 0 Å². The van der Waals surface area contributed by atoms with Crippen molar-refractivity contribution in [1.29, 1.82) is 0 Å². The van der Waals surface area contributed by atoms with E-state index in [4.69, 9.17) is 0 Å². The lowest BCUT2D eigenvalue weighted by atomic mass is 9.91. The number of nitro groups is 1. The van der Waals surface area contributed by atoms with Crippen molar-refractivity contribution in [2.24, 2.45) is 0 Å². The minimum Gasteiger partial charge on any atom is -0.338 e. The van der Waals surface area contributed by atoms with Crippen LogP contribution in [0.3, 0.4) is 0 Å². The Hall–Kier alpha value is -1.85. The molecule has 0 N–H and O–H groups in total. The number of carbonyl (C=O) groups is 1. The topological polar surface area (TPSA) is 63.5 Å². The fraction of sp³-hybridized carbons (Fsp3) is 0.364. The van der Waals surface area contributed by atoms with E-state index >= 15 is 0 Å². The second-order valence-electron chi connectivity index (χ2n) is 4.61. The molecule has 6 heteroatoms. The van der Waals surface area contributed by atoms with Gasteiger partial charge in [-0.05, 0) is 30.0 Å². The predicted octanol–water partition coefficient (Wildman–Crippen LogP) is 1.54. The van der Waals surface area contributed by atoms with Crippen molar-refractivity contribution in [3.05, 3.63) is 39.4 Å². The molecule has 1 aromatic rings. The standard InChI is InChI=1S/C11H11BN2O3/c12-11(15)13-9-3-4-10(13)8-5-6(14(16)17)1-2-7(8)9/h1-2,5,9-10H,3-4,12H2. The van der Waals surface area contributed by atoms with Gasteiger partial charge in [-0.3, -0.25) is 14.9 Å². The zero-order chi connectivity index (χ0) is 12.2. The third-order valence-electron chi connectivity index (χ3n) is 3.75. The summed E-state index contributed by atoms with van der Waals surface area (Å²) in [6.45, 7) is 0. The van der Waals surface area contributed by atoms with Crippen molar-refractivity contribution in [2.75, 3.05) is 0 Å². The van der Waals surface area contributed by atoms with Gasteiger partial charge in [-0.25, -0.2) is 0 Å². The van der Waals surface area contributed by atoms with Crippen LogP contribution in [0.15, 0.2) is 18.2 Å². The summed E-state index contributed by atoms with van der Waals surface area (Å²) in [5.41, 5.74) is 2.16. The number of nitro benzene ring substituents is 1. The number of hydrogen-bond acceptors (Lipinski definition) is 3. The third kappa shape index (κ3) is 1.30. The second-order valence-corrected chi connectivity index (χ2v) is 4.61. The van der Waals surface area contributed by atoms with Crippen molar-refractivity contribution in [2.45, 2.75) is 24.9 Å². The Morgan fingerprint density at radius 2 is 2.00 bits per heavy atom. The summed E-state index contributed by atoms with van der Waals surface area (Å²) in [7, 11) is 1.56. The first-order valence-electron chi connectivity index (χ1n) is 5.66. The Bertz CT molecular complexity index is 531. The molecule has 86 valence electrons. The highest BCUT2D eigenvalue weighted by Crippen LogP contribution is 2.53. The Morgan fingerprint density at radius 1 is 1.35 bits per heavy atom.